The van der Waals surface area contributed by atoms with E-state index in [1.54, 1.807) is 0 Å². The van der Waals surface area contributed by atoms with E-state index in [0.717, 1.165) is 38.7 Å². The van der Waals surface area contributed by atoms with Crippen LogP contribution in [0.1, 0.15) is 107 Å². The van der Waals surface area contributed by atoms with E-state index in [1.165, 1.54) is 0 Å². The summed E-state index contributed by atoms with van der Waals surface area (Å²) < 4.78 is 30.3. The van der Waals surface area contributed by atoms with E-state index in [9.17, 15) is 9.90 Å². The number of aliphatic hydroxyl groups excluding tert-OH is 1. The fourth-order valence-electron chi connectivity index (χ4n) is 5.88. The summed E-state index contributed by atoms with van der Waals surface area (Å²) in [5, 5.41) is 10.8. The number of carbonyl (C=O) groups is 1. The summed E-state index contributed by atoms with van der Waals surface area (Å²) in [7, 11) is 0. The minimum atomic E-state index is -0.651. The van der Waals surface area contributed by atoms with Crippen molar-refractivity contribution in [1.82, 2.24) is 0 Å². The fourth-order valence-corrected chi connectivity index (χ4v) is 5.88. The van der Waals surface area contributed by atoms with E-state index in [4.69, 9.17) is 23.7 Å². The molecule has 1 heterocycles. The third-order valence-electron chi connectivity index (χ3n) is 8.85. The van der Waals surface area contributed by atoms with E-state index >= 15 is 0 Å². The summed E-state index contributed by atoms with van der Waals surface area (Å²) in [6.07, 6.45) is 4.90. The lowest BCUT2D eigenvalue weighted by Crippen LogP contribution is -2.55. The summed E-state index contributed by atoms with van der Waals surface area (Å²) >= 11 is 0. The monoisotopic (exact) mass is 512 g/mol. The van der Waals surface area contributed by atoms with Gasteiger partial charge in [0.2, 0.25) is 0 Å². The van der Waals surface area contributed by atoms with Crippen molar-refractivity contribution in [3.05, 3.63) is 0 Å². The highest BCUT2D eigenvalue weighted by atomic mass is 16.6. The Morgan fingerprint density at radius 1 is 1.03 bits per heavy atom. The number of aliphatic hydroxyl groups is 1. The van der Waals surface area contributed by atoms with Gasteiger partial charge in [-0.1, -0.05) is 0 Å². The van der Waals surface area contributed by atoms with Crippen molar-refractivity contribution in [2.75, 3.05) is 19.8 Å². The number of epoxide rings is 1. The SMILES string of the molecule is CCOC1CCC(OC2(C)CCC(C3(C)CO3)CC2OC(=O)C(C)(C)CCC(C)(C)OCC)C(O)C1. The van der Waals surface area contributed by atoms with Crippen molar-refractivity contribution in [2.45, 2.75) is 148 Å². The Hall–Kier alpha value is -0.730. The van der Waals surface area contributed by atoms with Crippen LogP contribution in [-0.2, 0) is 28.5 Å². The molecule has 7 nitrogen and oxygen atoms in total. The molecule has 0 aromatic heterocycles. The van der Waals surface area contributed by atoms with E-state index in [2.05, 4.69) is 27.7 Å². The molecule has 0 radical (unpaired) electrons. The van der Waals surface area contributed by atoms with Crippen molar-refractivity contribution >= 4 is 5.97 Å². The number of esters is 1. The maximum absolute atomic E-state index is 13.5. The van der Waals surface area contributed by atoms with Crippen LogP contribution in [0.5, 0.6) is 0 Å². The summed E-state index contributed by atoms with van der Waals surface area (Å²) in [6, 6.07) is 0. The van der Waals surface area contributed by atoms with Gasteiger partial charge >= 0.3 is 5.97 Å². The molecular weight excluding hydrogens is 460 g/mol. The Morgan fingerprint density at radius 2 is 1.72 bits per heavy atom. The molecule has 1 N–H and O–H groups in total. The zero-order valence-electron chi connectivity index (χ0n) is 24.1. The van der Waals surface area contributed by atoms with Crippen LogP contribution in [-0.4, -0.2) is 72.1 Å². The zero-order chi connectivity index (χ0) is 26.8. The standard InChI is InChI=1S/C29H52O7/c1-9-32-21-11-12-23(22(30)18-21)36-28(7)14-13-20(29(8)19-34-29)17-24(28)35-25(31)26(3,4)15-16-27(5,6)33-10-2/h20-24,30H,9-19H2,1-8H3. The quantitative estimate of drug-likeness (QED) is 0.284. The molecule has 0 aromatic carbocycles. The second kappa shape index (κ2) is 11.6. The van der Waals surface area contributed by atoms with Crippen molar-refractivity contribution in [2.24, 2.45) is 11.3 Å². The summed E-state index contributed by atoms with van der Waals surface area (Å²) in [5.74, 6) is 0.128. The van der Waals surface area contributed by atoms with Gasteiger partial charge in [-0.05, 0) is 106 Å². The van der Waals surface area contributed by atoms with Crippen molar-refractivity contribution < 1.29 is 33.6 Å². The van der Waals surface area contributed by atoms with Gasteiger partial charge in [0.1, 0.15) is 11.7 Å². The molecule has 2 aliphatic carbocycles. The van der Waals surface area contributed by atoms with E-state index in [-0.39, 0.29) is 35.5 Å². The fraction of sp³-hybridized carbons (Fsp3) is 0.966. The van der Waals surface area contributed by atoms with Crippen LogP contribution in [0, 0.1) is 11.3 Å². The van der Waals surface area contributed by atoms with Gasteiger partial charge in [0.25, 0.3) is 0 Å². The number of hydrogen-bond donors (Lipinski definition) is 1. The third kappa shape index (κ3) is 7.43. The molecule has 7 heteroatoms. The number of hydrogen-bond acceptors (Lipinski definition) is 7. The first-order chi connectivity index (χ1) is 16.7. The largest absolute Gasteiger partial charge is 0.459 e. The Kier molecular flexibility index (Phi) is 9.58. The lowest BCUT2D eigenvalue weighted by atomic mass is 9.72. The lowest BCUT2D eigenvalue weighted by Gasteiger charge is -2.48. The number of ether oxygens (including phenoxy) is 5. The molecule has 3 fully saturated rings. The van der Waals surface area contributed by atoms with Gasteiger partial charge < -0.3 is 28.8 Å². The second-order valence-electron chi connectivity index (χ2n) is 13.0. The van der Waals surface area contributed by atoms with Crippen molar-refractivity contribution in [3.8, 4) is 0 Å². The molecule has 1 saturated heterocycles. The molecule has 7 unspecified atom stereocenters. The topological polar surface area (TPSA) is 86.8 Å². The van der Waals surface area contributed by atoms with Crippen LogP contribution in [0.25, 0.3) is 0 Å². The van der Waals surface area contributed by atoms with Gasteiger partial charge in [0.05, 0.1) is 41.5 Å². The molecule has 3 rings (SSSR count). The highest BCUT2D eigenvalue weighted by Crippen LogP contribution is 2.48. The first-order valence-electron chi connectivity index (χ1n) is 14.2. The molecule has 1 aliphatic heterocycles. The Bertz CT molecular complexity index is 731. The molecule has 0 bridgehead atoms. The average Bonchev–Trinajstić information content (AvgIpc) is 3.54. The average molecular weight is 513 g/mol. The summed E-state index contributed by atoms with van der Waals surface area (Å²) in [6.45, 7) is 18.3. The molecule has 210 valence electrons. The number of rotatable bonds is 12. The second-order valence-corrected chi connectivity index (χ2v) is 13.0. The van der Waals surface area contributed by atoms with Gasteiger partial charge in [0.15, 0.2) is 0 Å². The third-order valence-corrected chi connectivity index (χ3v) is 8.85. The Morgan fingerprint density at radius 3 is 2.31 bits per heavy atom. The number of carbonyl (C=O) groups excluding carboxylic acids is 1. The summed E-state index contributed by atoms with van der Waals surface area (Å²) in [4.78, 5) is 13.5. The highest BCUT2D eigenvalue weighted by Gasteiger charge is 2.55. The minimum absolute atomic E-state index is 0.0794. The molecular formula is C29H52O7. The molecule has 7 atom stereocenters. The molecule has 0 aromatic rings. The van der Waals surface area contributed by atoms with Gasteiger partial charge in [-0.3, -0.25) is 4.79 Å². The zero-order valence-corrected chi connectivity index (χ0v) is 24.1. The van der Waals surface area contributed by atoms with E-state index in [0.29, 0.717) is 38.4 Å². The van der Waals surface area contributed by atoms with Crippen LogP contribution in [0.2, 0.25) is 0 Å². The van der Waals surface area contributed by atoms with Crippen LogP contribution in [0.3, 0.4) is 0 Å². The van der Waals surface area contributed by atoms with Gasteiger partial charge in [-0.15, -0.1) is 0 Å². The van der Waals surface area contributed by atoms with E-state index in [1.807, 2.05) is 27.7 Å². The molecule has 3 aliphatic rings. The minimum Gasteiger partial charge on any atom is -0.459 e. The van der Waals surface area contributed by atoms with Crippen LogP contribution < -0.4 is 0 Å². The predicted octanol–water partition coefficient (Wildman–Crippen LogP) is 5.20. The van der Waals surface area contributed by atoms with Gasteiger partial charge in [-0.25, -0.2) is 0 Å². The van der Waals surface area contributed by atoms with E-state index < -0.39 is 17.1 Å². The smallest absolute Gasteiger partial charge is 0.311 e. The Labute approximate surface area is 218 Å². The lowest BCUT2D eigenvalue weighted by molar-refractivity contribution is -0.223. The van der Waals surface area contributed by atoms with Crippen molar-refractivity contribution in [1.29, 1.82) is 0 Å². The molecule has 0 amide bonds. The first-order valence-corrected chi connectivity index (χ1v) is 14.2. The maximum atomic E-state index is 13.5. The molecule has 36 heavy (non-hydrogen) atoms. The van der Waals surface area contributed by atoms with Gasteiger partial charge in [-0.2, -0.15) is 0 Å². The van der Waals surface area contributed by atoms with Crippen LogP contribution >= 0.6 is 0 Å². The maximum Gasteiger partial charge on any atom is 0.311 e. The Balaban J connectivity index is 1.69. The molecule has 0 spiro atoms. The van der Waals surface area contributed by atoms with Crippen LogP contribution in [0.4, 0.5) is 0 Å². The molecule has 2 saturated carbocycles. The first kappa shape index (κ1) is 29.8. The predicted molar refractivity (Wildman–Crippen MR) is 139 cm³/mol. The normalized spacial score (nSPS) is 37.5. The van der Waals surface area contributed by atoms with Crippen LogP contribution in [0.15, 0.2) is 0 Å². The van der Waals surface area contributed by atoms with Crippen molar-refractivity contribution in [3.63, 3.8) is 0 Å². The summed E-state index contributed by atoms with van der Waals surface area (Å²) in [5.41, 5.74) is -1.70. The van der Waals surface area contributed by atoms with Gasteiger partial charge in [0, 0.05) is 19.6 Å². The highest BCUT2D eigenvalue weighted by molar-refractivity contribution is 5.76.